The molecule has 0 aromatic carbocycles. The second-order valence-corrected chi connectivity index (χ2v) is 6.91. The molecule has 1 fully saturated rings. The predicted molar refractivity (Wildman–Crippen MR) is 94.7 cm³/mol. The SMILES string of the molecule is Cc1csc(NC(=O)c2cc(OC(C)C)nc(OC3CCOC3)c2)n1. The molecule has 2 aromatic heterocycles. The number of carbonyl (C=O) groups excluding carboxylic acids is 1. The number of rotatable bonds is 6. The Hall–Kier alpha value is -2.19. The number of nitrogens with zero attached hydrogens (tertiary/aromatic N) is 2. The standard InChI is InChI=1S/C17H21N3O4S/c1-10(2)23-14-6-12(16(21)20-17-18-11(3)9-25-17)7-15(19-14)24-13-4-5-22-8-13/h6-7,9-10,13H,4-5,8H2,1-3H3,(H,18,20,21). The molecule has 1 saturated heterocycles. The van der Waals surface area contributed by atoms with Crippen molar-refractivity contribution < 1.29 is 19.0 Å². The molecule has 1 amide bonds. The molecule has 0 bridgehead atoms. The summed E-state index contributed by atoms with van der Waals surface area (Å²) in [5.41, 5.74) is 1.27. The van der Waals surface area contributed by atoms with E-state index >= 15 is 0 Å². The molecule has 134 valence electrons. The van der Waals surface area contributed by atoms with Crippen molar-refractivity contribution in [2.45, 2.75) is 39.4 Å². The van der Waals surface area contributed by atoms with E-state index in [1.165, 1.54) is 11.3 Å². The summed E-state index contributed by atoms with van der Waals surface area (Å²) in [6.45, 7) is 6.87. The van der Waals surface area contributed by atoms with Gasteiger partial charge in [-0.3, -0.25) is 10.1 Å². The molecule has 1 atom stereocenters. The van der Waals surface area contributed by atoms with Gasteiger partial charge in [-0.15, -0.1) is 11.3 Å². The zero-order valence-corrected chi connectivity index (χ0v) is 15.3. The summed E-state index contributed by atoms with van der Waals surface area (Å²) in [6, 6.07) is 3.22. The van der Waals surface area contributed by atoms with Crippen LogP contribution in [0.4, 0.5) is 5.13 Å². The van der Waals surface area contributed by atoms with Crippen LogP contribution < -0.4 is 14.8 Å². The highest BCUT2D eigenvalue weighted by Gasteiger charge is 2.20. The van der Waals surface area contributed by atoms with Gasteiger partial charge in [-0.05, 0) is 20.8 Å². The minimum atomic E-state index is -0.280. The fourth-order valence-electron chi connectivity index (χ4n) is 2.33. The largest absolute Gasteiger partial charge is 0.475 e. The van der Waals surface area contributed by atoms with Crippen LogP contribution in [0.5, 0.6) is 11.8 Å². The first-order valence-corrected chi connectivity index (χ1v) is 9.04. The third-order valence-corrected chi connectivity index (χ3v) is 4.29. The summed E-state index contributed by atoms with van der Waals surface area (Å²) in [6.07, 6.45) is 0.686. The summed E-state index contributed by atoms with van der Waals surface area (Å²) in [4.78, 5) is 21.1. The normalized spacial score (nSPS) is 16.9. The summed E-state index contributed by atoms with van der Waals surface area (Å²) in [5.74, 6) is 0.430. The first kappa shape index (κ1) is 17.6. The molecule has 0 spiro atoms. The monoisotopic (exact) mass is 363 g/mol. The first-order chi connectivity index (χ1) is 12.0. The molecule has 8 heteroatoms. The fourth-order valence-corrected chi connectivity index (χ4v) is 3.01. The van der Waals surface area contributed by atoms with Crippen molar-refractivity contribution in [1.82, 2.24) is 9.97 Å². The molecule has 3 rings (SSSR count). The lowest BCUT2D eigenvalue weighted by Crippen LogP contribution is -2.18. The predicted octanol–water partition coefficient (Wildman–Crippen LogP) is 3.05. The van der Waals surface area contributed by atoms with E-state index in [0.717, 1.165) is 12.1 Å². The van der Waals surface area contributed by atoms with Gasteiger partial charge in [0.1, 0.15) is 6.10 Å². The van der Waals surface area contributed by atoms with Crippen molar-refractivity contribution >= 4 is 22.4 Å². The van der Waals surface area contributed by atoms with Crippen LogP contribution in [-0.2, 0) is 4.74 Å². The van der Waals surface area contributed by atoms with Crippen molar-refractivity contribution in [2.24, 2.45) is 0 Å². The van der Waals surface area contributed by atoms with Crippen LogP contribution in [0.1, 0.15) is 36.3 Å². The topological polar surface area (TPSA) is 82.6 Å². The quantitative estimate of drug-likeness (QED) is 0.849. The number of pyridine rings is 1. The number of thiazole rings is 1. The molecule has 1 aliphatic rings. The first-order valence-electron chi connectivity index (χ1n) is 8.16. The Morgan fingerprint density at radius 2 is 2.16 bits per heavy atom. The summed E-state index contributed by atoms with van der Waals surface area (Å²) in [7, 11) is 0. The number of carbonyl (C=O) groups is 1. The third kappa shape index (κ3) is 4.90. The van der Waals surface area contributed by atoms with Crippen molar-refractivity contribution in [1.29, 1.82) is 0 Å². The molecule has 25 heavy (non-hydrogen) atoms. The maximum Gasteiger partial charge on any atom is 0.257 e. The Balaban J connectivity index is 1.81. The number of hydrogen-bond donors (Lipinski definition) is 1. The Bertz CT molecular complexity index is 741. The van der Waals surface area contributed by atoms with Gasteiger partial charge in [0.2, 0.25) is 11.8 Å². The number of aromatic nitrogens is 2. The van der Waals surface area contributed by atoms with Gasteiger partial charge >= 0.3 is 0 Å². The molecule has 3 heterocycles. The van der Waals surface area contributed by atoms with Gasteiger partial charge in [0.25, 0.3) is 5.91 Å². The van der Waals surface area contributed by atoms with Crippen LogP contribution in [-0.4, -0.2) is 41.3 Å². The highest BCUT2D eigenvalue weighted by atomic mass is 32.1. The number of ether oxygens (including phenoxy) is 3. The van der Waals surface area contributed by atoms with Crippen LogP contribution in [0.3, 0.4) is 0 Å². The van der Waals surface area contributed by atoms with Gasteiger partial charge < -0.3 is 14.2 Å². The zero-order valence-electron chi connectivity index (χ0n) is 14.4. The summed E-state index contributed by atoms with van der Waals surface area (Å²) < 4.78 is 16.8. The number of nitrogens with one attached hydrogen (secondary N) is 1. The molecular weight excluding hydrogens is 342 g/mol. The molecular formula is C17H21N3O4S. The molecule has 0 saturated carbocycles. The molecule has 0 aliphatic carbocycles. The van der Waals surface area contributed by atoms with Gasteiger partial charge in [-0.1, -0.05) is 0 Å². The highest BCUT2D eigenvalue weighted by molar-refractivity contribution is 7.13. The Morgan fingerprint density at radius 3 is 2.80 bits per heavy atom. The van der Waals surface area contributed by atoms with Crippen LogP contribution in [0, 0.1) is 6.92 Å². The van der Waals surface area contributed by atoms with Crippen LogP contribution in [0.25, 0.3) is 0 Å². The fraction of sp³-hybridized carbons (Fsp3) is 0.471. The summed E-state index contributed by atoms with van der Waals surface area (Å²) >= 11 is 1.38. The second kappa shape index (κ2) is 7.79. The summed E-state index contributed by atoms with van der Waals surface area (Å²) in [5, 5.41) is 5.22. The third-order valence-electron chi connectivity index (χ3n) is 3.41. The zero-order chi connectivity index (χ0) is 17.8. The minimum Gasteiger partial charge on any atom is -0.475 e. The van der Waals surface area contributed by atoms with Crippen LogP contribution in [0.2, 0.25) is 0 Å². The minimum absolute atomic E-state index is 0.0562. The lowest BCUT2D eigenvalue weighted by atomic mass is 10.2. The average molecular weight is 363 g/mol. The molecule has 2 aromatic rings. The Kier molecular flexibility index (Phi) is 5.50. The smallest absolute Gasteiger partial charge is 0.257 e. The van der Waals surface area contributed by atoms with Gasteiger partial charge in [-0.2, -0.15) is 4.98 Å². The van der Waals surface area contributed by atoms with Crippen molar-refractivity contribution in [3.05, 3.63) is 28.8 Å². The van der Waals surface area contributed by atoms with E-state index in [4.69, 9.17) is 14.2 Å². The molecule has 1 N–H and O–H groups in total. The van der Waals surface area contributed by atoms with E-state index in [2.05, 4.69) is 15.3 Å². The van der Waals surface area contributed by atoms with E-state index in [1.54, 1.807) is 12.1 Å². The van der Waals surface area contributed by atoms with Crippen LogP contribution >= 0.6 is 11.3 Å². The Labute approximate surface area is 150 Å². The van der Waals surface area contributed by atoms with Gasteiger partial charge in [-0.25, -0.2) is 4.98 Å². The van der Waals surface area contributed by atoms with Crippen LogP contribution in [0.15, 0.2) is 17.5 Å². The maximum absolute atomic E-state index is 12.5. The van der Waals surface area contributed by atoms with Crippen molar-refractivity contribution in [2.75, 3.05) is 18.5 Å². The maximum atomic E-state index is 12.5. The van der Waals surface area contributed by atoms with Crippen molar-refractivity contribution in [3.63, 3.8) is 0 Å². The lowest BCUT2D eigenvalue weighted by Gasteiger charge is -2.15. The van der Waals surface area contributed by atoms with E-state index < -0.39 is 0 Å². The average Bonchev–Trinajstić information content (AvgIpc) is 3.18. The number of hydrogen-bond acceptors (Lipinski definition) is 7. The number of aryl methyl sites for hydroxylation is 1. The lowest BCUT2D eigenvalue weighted by molar-refractivity contribution is 0.102. The molecule has 1 aliphatic heterocycles. The Morgan fingerprint density at radius 1 is 1.36 bits per heavy atom. The van der Waals surface area contributed by atoms with Gasteiger partial charge in [0.05, 0.1) is 30.6 Å². The van der Waals surface area contributed by atoms with Gasteiger partial charge in [0, 0.05) is 23.9 Å². The van der Waals surface area contributed by atoms with Gasteiger partial charge in [0.15, 0.2) is 5.13 Å². The van der Waals surface area contributed by atoms with E-state index in [-0.39, 0.29) is 18.1 Å². The van der Waals surface area contributed by atoms with E-state index in [0.29, 0.717) is 35.7 Å². The van der Waals surface area contributed by atoms with E-state index in [1.807, 2.05) is 26.2 Å². The highest BCUT2D eigenvalue weighted by Crippen LogP contribution is 2.23. The van der Waals surface area contributed by atoms with Crippen molar-refractivity contribution in [3.8, 4) is 11.8 Å². The van der Waals surface area contributed by atoms with E-state index in [9.17, 15) is 4.79 Å². The molecule has 0 radical (unpaired) electrons. The number of amides is 1. The molecule has 7 nitrogen and oxygen atoms in total. The second-order valence-electron chi connectivity index (χ2n) is 6.05. The molecule has 1 unspecified atom stereocenters. The number of anilines is 1.